The van der Waals surface area contributed by atoms with Crippen molar-refractivity contribution in [1.29, 1.82) is 0 Å². The molecule has 1 rings (SSSR count). The van der Waals surface area contributed by atoms with Crippen LogP contribution in [0, 0.1) is 12.8 Å². The van der Waals surface area contributed by atoms with Crippen LogP contribution in [0.1, 0.15) is 33.3 Å². The van der Waals surface area contributed by atoms with E-state index in [-0.39, 0.29) is 0 Å². The third kappa shape index (κ3) is 5.31. The maximum absolute atomic E-state index is 5.75. The van der Waals surface area contributed by atoms with Gasteiger partial charge in [0.15, 0.2) is 0 Å². The molecule has 0 heterocycles. The lowest BCUT2D eigenvalue weighted by atomic mass is 10.2. The number of ether oxygens (including phenoxy) is 1. The minimum Gasteiger partial charge on any atom is -0.491 e. The van der Waals surface area contributed by atoms with Gasteiger partial charge in [0.25, 0.3) is 0 Å². The smallest absolute Gasteiger partial charge is 0.142 e. The summed E-state index contributed by atoms with van der Waals surface area (Å²) < 4.78 is 5.55. The van der Waals surface area contributed by atoms with E-state index in [1.165, 1.54) is 5.56 Å². The fourth-order valence-corrected chi connectivity index (χ4v) is 1.02. The van der Waals surface area contributed by atoms with Crippen molar-refractivity contribution in [2.24, 2.45) is 5.92 Å². The Morgan fingerprint density at radius 3 is 2.40 bits per heavy atom. The van der Waals surface area contributed by atoms with Gasteiger partial charge in [-0.1, -0.05) is 33.8 Å². The van der Waals surface area contributed by atoms with Crippen molar-refractivity contribution in [2.45, 2.75) is 34.6 Å². The highest BCUT2D eigenvalue weighted by Crippen LogP contribution is 2.22. The summed E-state index contributed by atoms with van der Waals surface area (Å²) >= 11 is 0. The van der Waals surface area contributed by atoms with Gasteiger partial charge in [0, 0.05) is 0 Å². The SMILES string of the molecule is CC.Cc1ccc(N)c(OCC(C)C)c1. The molecule has 0 radical (unpaired) electrons. The number of benzene rings is 1. The van der Waals surface area contributed by atoms with Crippen molar-refractivity contribution in [2.75, 3.05) is 12.3 Å². The molecule has 86 valence electrons. The molecule has 0 spiro atoms. The van der Waals surface area contributed by atoms with Gasteiger partial charge in [0.2, 0.25) is 0 Å². The molecule has 1 aromatic carbocycles. The quantitative estimate of drug-likeness (QED) is 0.771. The van der Waals surface area contributed by atoms with Crippen LogP contribution in [0.3, 0.4) is 0 Å². The Bertz CT molecular complexity index is 282. The van der Waals surface area contributed by atoms with Gasteiger partial charge in [-0.3, -0.25) is 0 Å². The van der Waals surface area contributed by atoms with E-state index in [0.717, 1.165) is 5.75 Å². The molecule has 2 N–H and O–H groups in total. The van der Waals surface area contributed by atoms with Gasteiger partial charge in [-0.15, -0.1) is 0 Å². The molecule has 0 amide bonds. The first kappa shape index (κ1) is 13.8. The highest BCUT2D eigenvalue weighted by molar-refractivity contribution is 5.53. The molecular formula is C13H23NO. The molecule has 15 heavy (non-hydrogen) atoms. The van der Waals surface area contributed by atoms with E-state index in [2.05, 4.69) is 13.8 Å². The first-order chi connectivity index (χ1) is 7.09. The zero-order valence-electron chi connectivity index (χ0n) is 10.5. The van der Waals surface area contributed by atoms with Gasteiger partial charge in [0.1, 0.15) is 5.75 Å². The Hall–Kier alpha value is -1.18. The standard InChI is InChI=1S/C11H17NO.C2H6/c1-8(2)7-13-11-6-9(3)4-5-10(11)12;1-2/h4-6,8H,7,12H2,1-3H3;1-2H3. The van der Waals surface area contributed by atoms with Gasteiger partial charge in [-0.2, -0.15) is 0 Å². The third-order valence-corrected chi connectivity index (χ3v) is 1.74. The Kier molecular flexibility index (Phi) is 6.59. The normalized spacial score (nSPS) is 9.47. The molecule has 0 aliphatic carbocycles. The fraction of sp³-hybridized carbons (Fsp3) is 0.538. The van der Waals surface area contributed by atoms with Gasteiger partial charge < -0.3 is 10.5 Å². The van der Waals surface area contributed by atoms with Crippen molar-refractivity contribution in [1.82, 2.24) is 0 Å². The van der Waals surface area contributed by atoms with Crippen LogP contribution in [-0.2, 0) is 0 Å². The predicted octanol–water partition coefficient (Wildman–Crippen LogP) is 3.64. The molecule has 2 heteroatoms. The van der Waals surface area contributed by atoms with Crippen LogP contribution in [0.2, 0.25) is 0 Å². The highest BCUT2D eigenvalue weighted by atomic mass is 16.5. The molecule has 0 fully saturated rings. The summed E-state index contributed by atoms with van der Waals surface area (Å²) in [6.45, 7) is 11.0. The van der Waals surface area contributed by atoms with Crippen molar-refractivity contribution >= 4 is 5.69 Å². The molecule has 0 unspecified atom stereocenters. The lowest BCUT2D eigenvalue weighted by molar-refractivity contribution is 0.272. The molecule has 0 saturated heterocycles. The fourth-order valence-electron chi connectivity index (χ4n) is 1.02. The zero-order valence-corrected chi connectivity index (χ0v) is 10.5. The highest BCUT2D eigenvalue weighted by Gasteiger charge is 2.01. The molecule has 0 aliphatic rings. The molecule has 0 bridgehead atoms. The van der Waals surface area contributed by atoms with E-state index in [4.69, 9.17) is 10.5 Å². The zero-order chi connectivity index (χ0) is 11.8. The minimum atomic E-state index is 0.528. The van der Waals surface area contributed by atoms with Crippen LogP contribution in [0.15, 0.2) is 18.2 Å². The maximum atomic E-state index is 5.75. The van der Waals surface area contributed by atoms with E-state index in [0.29, 0.717) is 18.2 Å². The largest absolute Gasteiger partial charge is 0.491 e. The van der Waals surface area contributed by atoms with E-state index >= 15 is 0 Å². The number of nitrogens with two attached hydrogens (primary N) is 1. The Morgan fingerprint density at radius 2 is 1.87 bits per heavy atom. The lowest BCUT2D eigenvalue weighted by Crippen LogP contribution is -2.06. The van der Waals surface area contributed by atoms with Crippen molar-refractivity contribution in [3.8, 4) is 5.75 Å². The average molecular weight is 209 g/mol. The Labute approximate surface area is 93.4 Å². The van der Waals surface area contributed by atoms with Crippen molar-refractivity contribution in [3.63, 3.8) is 0 Å². The maximum Gasteiger partial charge on any atom is 0.142 e. The number of hydrogen-bond donors (Lipinski definition) is 1. The summed E-state index contributed by atoms with van der Waals surface area (Å²) in [5, 5.41) is 0. The van der Waals surface area contributed by atoms with Gasteiger partial charge >= 0.3 is 0 Å². The molecule has 0 aliphatic heterocycles. The summed E-state index contributed by atoms with van der Waals surface area (Å²) in [4.78, 5) is 0. The number of anilines is 1. The molecule has 0 atom stereocenters. The average Bonchev–Trinajstić information content (AvgIpc) is 2.22. The second-order valence-electron chi connectivity index (χ2n) is 3.75. The summed E-state index contributed by atoms with van der Waals surface area (Å²) in [7, 11) is 0. The van der Waals surface area contributed by atoms with Crippen LogP contribution in [0.25, 0.3) is 0 Å². The third-order valence-electron chi connectivity index (χ3n) is 1.74. The van der Waals surface area contributed by atoms with E-state index in [1.807, 2.05) is 39.0 Å². The number of rotatable bonds is 3. The van der Waals surface area contributed by atoms with Crippen LogP contribution in [-0.4, -0.2) is 6.61 Å². The topological polar surface area (TPSA) is 35.2 Å². The van der Waals surface area contributed by atoms with Crippen LogP contribution in [0.5, 0.6) is 5.75 Å². The molecule has 0 aromatic heterocycles. The minimum absolute atomic E-state index is 0.528. The Balaban J connectivity index is 0.000000921. The first-order valence-electron chi connectivity index (χ1n) is 5.58. The van der Waals surface area contributed by atoms with Crippen LogP contribution >= 0.6 is 0 Å². The number of nitrogen functional groups attached to an aromatic ring is 1. The summed E-state index contributed by atoms with van der Waals surface area (Å²) in [5.74, 6) is 1.33. The summed E-state index contributed by atoms with van der Waals surface area (Å²) in [6, 6.07) is 5.83. The molecular weight excluding hydrogens is 186 g/mol. The van der Waals surface area contributed by atoms with Crippen molar-refractivity contribution < 1.29 is 4.74 Å². The second-order valence-corrected chi connectivity index (χ2v) is 3.75. The van der Waals surface area contributed by atoms with E-state index in [1.54, 1.807) is 0 Å². The van der Waals surface area contributed by atoms with Gasteiger partial charge in [0.05, 0.1) is 12.3 Å². The number of aryl methyl sites for hydroxylation is 1. The predicted molar refractivity (Wildman–Crippen MR) is 67.3 cm³/mol. The van der Waals surface area contributed by atoms with E-state index in [9.17, 15) is 0 Å². The van der Waals surface area contributed by atoms with Gasteiger partial charge in [-0.25, -0.2) is 0 Å². The van der Waals surface area contributed by atoms with Gasteiger partial charge in [-0.05, 0) is 30.5 Å². The number of hydrogen-bond acceptors (Lipinski definition) is 2. The van der Waals surface area contributed by atoms with Crippen LogP contribution < -0.4 is 10.5 Å². The summed E-state index contributed by atoms with van der Waals surface area (Å²) in [6.07, 6.45) is 0. The first-order valence-corrected chi connectivity index (χ1v) is 5.58. The van der Waals surface area contributed by atoms with Crippen molar-refractivity contribution in [3.05, 3.63) is 23.8 Å². The van der Waals surface area contributed by atoms with E-state index < -0.39 is 0 Å². The Morgan fingerprint density at radius 1 is 1.27 bits per heavy atom. The molecule has 1 aromatic rings. The second kappa shape index (κ2) is 7.16. The molecule has 0 saturated carbocycles. The van der Waals surface area contributed by atoms with Crippen LogP contribution in [0.4, 0.5) is 5.69 Å². The lowest BCUT2D eigenvalue weighted by Gasteiger charge is -2.11. The monoisotopic (exact) mass is 209 g/mol. The molecule has 2 nitrogen and oxygen atoms in total. The summed E-state index contributed by atoms with van der Waals surface area (Å²) in [5.41, 5.74) is 7.64.